The second kappa shape index (κ2) is 8.18. The molecule has 0 fully saturated rings. The molecule has 156 valence electrons. The Bertz CT molecular complexity index is 1370. The predicted octanol–water partition coefficient (Wildman–Crippen LogP) is 4.70. The van der Waals surface area contributed by atoms with Gasteiger partial charge in [-0.1, -0.05) is 24.3 Å². The molecule has 0 aliphatic rings. The predicted molar refractivity (Wildman–Crippen MR) is 126 cm³/mol. The van der Waals surface area contributed by atoms with Gasteiger partial charge in [0.15, 0.2) is 11.5 Å². The van der Waals surface area contributed by atoms with Gasteiger partial charge in [0.1, 0.15) is 11.8 Å². The molecule has 31 heavy (non-hydrogen) atoms. The van der Waals surface area contributed by atoms with E-state index < -0.39 is 0 Å². The molecule has 0 saturated heterocycles. The number of benzene rings is 2. The van der Waals surface area contributed by atoms with Crippen LogP contribution in [0.1, 0.15) is 25.0 Å². The SMILES string of the molecule is Cc1nc2ccccc2c2ccc(NCCCCCn3cnc4c(N)ncnc43)cc12. The number of para-hydroxylation sites is 1. The third-order valence-electron chi connectivity index (χ3n) is 5.73. The van der Waals surface area contributed by atoms with Gasteiger partial charge < -0.3 is 15.6 Å². The van der Waals surface area contributed by atoms with Crippen LogP contribution in [0.5, 0.6) is 0 Å². The second-order valence-corrected chi connectivity index (χ2v) is 7.83. The van der Waals surface area contributed by atoms with Gasteiger partial charge in [-0.05, 0) is 49.8 Å². The lowest BCUT2D eigenvalue weighted by Gasteiger charge is -2.11. The first kappa shape index (κ1) is 19.2. The van der Waals surface area contributed by atoms with Gasteiger partial charge >= 0.3 is 0 Å². The van der Waals surface area contributed by atoms with Crippen molar-refractivity contribution in [3.63, 3.8) is 0 Å². The first-order valence-electron chi connectivity index (χ1n) is 10.6. The van der Waals surface area contributed by atoms with Gasteiger partial charge in [0, 0.05) is 35.2 Å². The van der Waals surface area contributed by atoms with E-state index in [1.165, 1.54) is 22.5 Å². The molecule has 3 aromatic heterocycles. The van der Waals surface area contributed by atoms with Crippen molar-refractivity contribution in [2.75, 3.05) is 17.6 Å². The Morgan fingerprint density at radius 3 is 2.77 bits per heavy atom. The van der Waals surface area contributed by atoms with Crippen LogP contribution in [0.2, 0.25) is 0 Å². The molecule has 0 atom stereocenters. The van der Waals surface area contributed by atoms with Gasteiger partial charge in [-0.25, -0.2) is 15.0 Å². The summed E-state index contributed by atoms with van der Waals surface area (Å²) in [7, 11) is 0. The number of rotatable bonds is 7. The van der Waals surface area contributed by atoms with Gasteiger partial charge in [0.25, 0.3) is 0 Å². The molecule has 0 amide bonds. The highest BCUT2D eigenvalue weighted by Gasteiger charge is 2.08. The van der Waals surface area contributed by atoms with Crippen molar-refractivity contribution in [1.82, 2.24) is 24.5 Å². The number of aryl methyl sites for hydroxylation is 2. The van der Waals surface area contributed by atoms with Crippen molar-refractivity contribution in [2.45, 2.75) is 32.7 Å². The van der Waals surface area contributed by atoms with Crippen LogP contribution in [-0.4, -0.2) is 31.0 Å². The van der Waals surface area contributed by atoms with Gasteiger partial charge in [0.2, 0.25) is 0 Å². The number of pyridine rings is 1. The van der Waals surface area contributed by atoms with E-state index in [1.807, 2.05) is 10.6 Å². The van der Waals surface area contributed by atoms with E-state index in [2.05, 4.69) is 63.6 Å². The third kappa shape index (κ3) is 3.74. The van der Waals surface area contributed by atoms with E-state index in [0.29, 0.717) is 11.3 Å². The molecule has 0 aliphatic carbocycles. The number of aromatic nitrogens is 5. The van der Waals surface area contributed by atoms with Crippen LogP contribution in [0.15, 0.2) is 55.1 Å². The number of fused-ring (bicyclic) bond motifs is 4. The van der Waals surface area contributed by atoms with E-state index in [4.69, 9.17) is 10.7 Å². The number of unbranched alkanes of at least 4 members (excludes halogenated alkanes) is 2. The summed E-state index contributed by atoms with van der Waals surface area (Å²) in [6.07, 6.45) is 6.55. The molecule has 7 nitrogen and oxygen atoms in total. The molecular formula is C24H25N7. The Hall–Kier alpha value is -3.74. The summed E-state index contributed by atoms with van der Waals surface area (Å²) < 4.78 is 2.05. The highest BCUT2D eigenvalue weighted by atomic mass is 15.1. The van der Waals surface area contributed by atoms with Crippen molar-refractivity contribution in [1.29, 1.82) is 0 Å². The van der Waals surface area contributed by atoms with Crippen molar-refractivity contribution in [3.05, 3.63) is 60.8 Å². The maximum Gasteiger partial charge on any atom is 0.165 e. The number of hydrogen-bond acceptors (Lipinski definition) is 6. The highest BCUT2D eigenvalue weighted by molar-refractivity contribution is 6.07. The molecule has 0 bridgehead atoms. The topological polar surface area (TPSA) is 94.5 Å². The summed E-state index contributed by atoms with van der Waals surface area (Å²) in [4.78, 5) is 17.4. The van der Waals surface area contributed by atoms with Crippen LogP contribution in [0.3, 0.4) is 0 Å². The lowest BCUT2D eigenvalue weighted by atomic mass is 10.0. The van der Waals surface area contributed by atoms with Gasteiger partial charge in [-0.2, -0.15) is 0 Å². The van der Waals surface area contributed by atoms with Gasteiger partial charge in [-0.3, -0.25) is 4.98 Å². The fraction of sp³-hybridized carbons (Fsp3) is 0.250. The lowest BCUT2D eigenvalue weighted by Crippen LogP contribution is -2.03. The number of hydrogen-bond donors (Lipinski definition) is 2. The number of nitrogen functional groups attached to an aromatic ring is 1. The van der Waals surface area contributed by atoms with Crippen LogP contribution >= 0.6 is 0 Å². The average Bonchev–Trinajstić information content (AvgIpc) is 3.21. The standard InChI is InChI=1S/C24H25N7/c1-16-20-13-17(9-10-18(20)19-7-3-4-8-21(19)30-16)26-11-5-2-6-12-31-15-29-22-23(25)27-14-28-24(22)31/h3-4,7-10,13-15,26H,2,5-6,11-12H2,1H3,(H2,25,27,28). The van der Waals surface area contributed by atoms with E-state index in [9.17, 15) is 0 Å². The number of imidazole rings is 1. The minimum atomic E-state index is 0.432. The van der Waals surface area contributed by atoms with Crippen LogP contribution < -0.4 is 11.1 Å². The van der Waals surface area contributed by atoms with Crippen molar-refractivity contribution < 1.29 is 0 Å². The summed E-state index contributed by atoms with van der Waals surface area (Å²) in [5.41, 5.74) is 10.6. The number of nitrogens with two attached hydrogens (primary N) is 1. The molecule has 0 saturated carbocycles. The quantitative estimate of drug-likeness (QED) is 0.298. The minimum Gasteiger partial charge on any atom is -0.385 e. The molecular weight excluding hydrogens is 386 g/mol. The molecule has 3 N–H and O–H groups in total. The van der Waals surface area contributed by atoms with Crippen LogP contribution in [0.4, 0.5) is 11.5 Å². The van der Waals surface area contributed by atoms with Crippen molar-refractivity contribution in [2.24, 2.45) is 0 Å². The van der Waals surface area contributed by atoms with Gasteiger partial charge in [0.05, 0.1) is 11.8 Å². The Balaban J connectivity index is 1.17. The van der Waals surface area contributed by atoms with Crippen molar-refractivity contribution in [3.8, 4) is 0 Å². The fourth-order valence-electron chi connectivity index (χ4n) is 4.11. The Morgan fingerprint density at radius 1 is 0.935 bits per heavy atom. The highest BCUT2D eigenvalue weighted by Crippen LogP contribution is 2.28. The Labute approximate surface area is 180 Å². The van der Waals surface area contributed by atoms with Crippen LogP contribution in [-0.2, 0) is 6.54 Å². The van der Waals surface area contributed by atoms with E-state index in [1.54, 1.807) is 6.33 Å². The zero-order valence-corrected chi connectivity index (χ0v) is 17.5. The van der Waals surface area contributed by atoms with Crippen molar-refractivity contribution >= 4 is 44.3 Å². The lowest BCUT2D eigenvalue weighted by molar-refractivity contribution is 0.603. The van der Waals surface area contributed by atoms with Gasteiger partial charge in [-0.15, -0.1) is 0 Å². The monoisotopic (exact) mass is 411 g/mol. The minimum absolute atomic E-state index is 0.432. The zero-order valence-electron chi connectivity index (χ0n) is 17.5. The summed E-state index contributed by atoms with van der Waals surface area (Å²) in [5, 5.41) is 7.22. The number of nitrogens with one attached hydrogen (secondary N) is 1. The first-order chi connectivity index (χ1) is 15.2. The number of nitrogens with zero attached hydrogens (tertiary/aromatic N) is 5. The second-order valence-electron chi connectivity index (χ2n) is 7.83. The molecule has 3 heterocycles. The molecule has 2 aromatic carbocycles. The normalized spacial score (nSPS) is 11.5. The summed E-state index contributed by atoms with van der Waals surface area (Å²) in [5.74, 6) is 0.432. The Kier molecular flexibility index (Phi) is 5.08. The molecule has 0 aliphatic heterocycles. The molecule has 5 rings (SSSR count). The molecule has 0 unspecified atom stereocenters. The van der Waals surface area contributed by atoms with E-state index in [-0.39, 0.29) is 0 Å². The number of anilines is 2. The molecule has 0 radical (unpaired) electrons. The zero-order chi connectivity index (χ0) is 21.2. The first-order valence-corrected chi connectivity index (χ1v) is 10.6. The third-order valence-corrected chi connectivity index (χ3v) is 5.73. The largest absolute Gasteiger partial charge is 0.385 e. The summed E-state index contributed by atoms with van der Waals surface area (Å²) >= 11 is 0. The smallest absolute Gasteiger partial charge is 0.165 e. The average molecular weight is 412 g/mol. The van der Waals surface area contributed by atoms with E-state index in [0.717, 1.165) is 54.9 Å². The fourth-order valence-corrected chi connectivity index (χ4v) is 4.11. The maximum atomic E-state index is 5.85. The molecule has 7 heteroatoms. The van der Waals surface area contributed by atoms with Crippen LogP contribution in [0.25, 0.3) is 32.8 Å². The van der Waals surface area contributed by atoms with E-state index >= 15 is 0 Å². The summed E-state index contributed by atoms with van der Waals surface area (Å²) in [6.45, 7) is 3.89. The summed E-state index contributed by atoms with van der Waals surface area (Å²) in [6, 6.07) is 14.9. The maximum absolute atomic E-state index is 5.85. The molecule has 5 aromatic rings. The molecule has 0 spiro atoms. The van der Waals surface area contributed by atoms with Crippen LogP contribution in [0, 0.1) is 6.92 Å². The Morgan fingerprint density at radius 2 is 1.84 bits per heavy atom.